The van der Waals surface area contributed by atoms with Crippen LogP contribution in [0, 0.1) is 0 Å². The number of carbonyl (C=O) groups is 1. The number of ether oxygens (including phenoxy) is 1. The Morgan fingerprint density at radius 1 is 1.25 bits per heavy atom. The molecule has 0 spiro atoms. The summed E-state index contributed by atoms with van der Waals surface area (Å²) >= 11 is 0. The largest absolute Gasteiger partial charge is 0.479 e. The summed E-state index contributed by atoms with van der Waals surface area (Å²) in [6.07, 6.45) is 2.41. The number of benzene rings is 1. The molecule has 0 saturated heterocycles. The van der Waals surface area contributed by atoms with Gasteiger partial charge in [0.15, 0.2) is 5.65 Å². The first-order chi connectivity index (χ1) is 13.6. The molecule has 4 aromatic rings. The van der Waals surface area contributed by atoms with Crippen LogP contribution in [-0.4, -0.2) is 32.8 Å². The van der Waals surface area contributed by atoms with Crippen LogP contribution in [0.15, 0.2) is 58.0 Å². The number of amides is 1. The summed E-state index contributed by atoms with van der Waals surface area (Å²) in [5, 5.41) is 9.30. The van der Waals surface area contributed by atoms with Gasteiger partial charge in [0.25, 0.3) is 17.3 Å². The minimum Gasteiger partial charge on any atom is -0.479 e. The zero-order chi connectivity index (χ0) is 19.5. The van der Waals surface area contributed by atoms with Gasteiger partial charge in [-0.2, -0.15) is 0 Å². The van der Waals surface area contributed by atoms with E-state index in [1.54, 1.807) is 18.2 Å². The standard InChI is InChI=1S/C19H17N5O4/c1-27-16-10-14(28-23-16)8-7-13-9-17(25)24-18(21-13)15(11-20-24)19(26)22-12-5-3-2-4-6-12/h2-6,9-11,20H,7-8H2,1H3,(H,22,26). The number of methoxy groups -OCH3 is 1. The van der Waals surface area contributed by atoms with Crippen molar-refractivity contribution < 1.29 is 14.1 Å². The summed E-state index contributed by atoms with van der Waals surface area (Å²) in [7, 11) is 1.51. The molecule has 0 unspecified atom stereocenters. The SMILES string of the molecule is COc1cc(CCc2cc(=O)n3[nH]cc(C(=O)Nc4ccccc4)c3n2)on1. The molecule has 0 radical (unpaired) electrons. The van der Waals surface area contributed by atoms with E-state index in [0.29, 0.717) is 35.9 Å². The van der Waals surface area contributed by atoms with E-state index in [1.807, 2.05) is 18.2 Å². The van der Waals surface area contributed by atoms with E-state index < -0.39 is 0 Å². The van der Waals surface area contributed by atoms with Crippen LogP contribution < -0.4 is 15.6 Å². The van der Waals surface area contributed by atoms with Gasteiger partial charge in [0, 0.05) is 36.1 Å². The maximum atomic E-state index is 12.6. The molecule has 28 heavy (non-hydrogen) atoms. The van der Waals surface area contributed by atoms with E-state index in [2.05, 4.69) is 20.6 Å². The van der Waals surface area contributed by atoms with E-state index in [4.69, 9.17) is 9.26 Å². The first kappa shape index (κ1) is 17.5. The van der Waals surface area contributed by atoms with Crippen LogP contribution in [0.25, 0.3) is 5.65 Å². The van der Waals surface area contributed by atoms with Crippen molar-refractivity contribution in [3.8, 4) is 5.88 Å². The van der Waals surface area contributed by atoms with Crippen LogP contribution in [-0.2, 0) is 12.8 Å². The van der Waals surface area contributed by atoms with Gasteiger partial charge in [0.05, 0.1) is 7.11 Å². The molecule has 0 aliphatic rings. The average molecular weight is 379 g/mol. The van der Waals surface area contributed by atoms with Crippen molar-refractivity contribution in [3.05, 3.63) is 76.0 Å². The number of nitrogens with one attached hydrogen (secondary N) is 2. The summed E-state index contributed by atoms with van der Waals surface area (Å²) in [6.45, 7) is 0. The van der Waals surface area contributed by atoms with Crippen LogP contribution >= 0.6 is 0 Å². The van der Waals surface area contributed by atoms with Crippen LogP contribution in [0.4, 0.5) is 5.69 Å². The minimum atomic E-state index is -0.353. The molecule has 1 aromatic carbocycles. The molecule has 0 saturated carbocycles. The van der Waals surface area contributed by atoms with Crippen molar-refractivity contribution in [1.82, 2.24) is 19.8 Å². The molecule has 0 atom stereocenters. The van der Waals surface area contributed by atoms with Crippen LogP contribution in [0.2, 0.25) is 0 Å². The third kappa shape index (κ3) is 3.50. The molecule has 142 valence electrons. The molecule has 0 bridgehead atoms. The number of aromatic nitrogens is 4. The second-order valence-corrected chi connectivity index (χ2v) is 6.09. The van der Waals surface area contributed by atoms with Crippen molar-refractivity contribution in [1.29, 1.82) is 0 Å². The Morgan fingerprint density at radius 3 is 2.82 bits per heavy atom. The molecule has 9 nitrogen and oxygen atoms in total. The number of hydrogen-bond acceptors (Lipinski definition) is 6. The fraction of sp³-hybridized carbons (Fsp3) is 0.158. The first-order valence-electron chi connectivity index (χ1n) is 8.60. The van der Waals surface area contributed by atoms with Crippen molar-refractivity contribution in [2.75, 3.05) is 12.4 Å². The molecular formula is C19H17N5O4. The molecule has 0 aliphatic carbocycles. The van der Waals surface area contributed by atoms with E-state index in [1.165, 1.54) is 23.9 Å². The lowest BCUT2D eigenvalue weighted by Gasteiger charge is -2.04. The number of aromatic amines is 1. The van der Waals surface area contributed by atoms with Gasteiger partial charge in [-0.1, -0.05) is 18.2 Å². The molecule has 3 heterocycles. The lowest BCUT2D eigenvalue weighted by Crippen LogP contribution is -2.18. The number of nitrogens with zero attached hydrogens (tertiary/aromatic N) is 3. The monoisotopic (exact) mass is 379 g/mol. The molecule has 2 N–H and O–H groups in total. The van der Waals surface area contributed by atoms with Gasteiger partial charge in [-0.25, -0.2) is 9.50 Å². The Morgan fingerprint density at radius 2 is 2.07 bits per heavy atom. The summed E-state index contributed by atoms with van der Waals surface area (Å²) < 4.78 is 11.4. The maximum absolute atomic E-state index is 12.6. The molecule has 0 fully saturated rings. The molecule has 3 aromatic heterocycles. The van der Waals surface area contributed by atoms with Gasteiger partial charge in [0.2, 0.25) is 0 Å². The van der Waals surface area contributed by atoms with Crippen LogP contribution in [0.3, 0.4) is 0 Å². The topological polar surface area (TPSA) is 115 Å². The van der Waals surface area contributed by atoms with Gasteiger partial charge < -0.3 is 14.6 Å². The highest BCUT2D eigenvalue weighted by Gasteiger charge is 2.16. The van der Waals surface area contributed by atoms with E-state index in [9.17, 15) is 9.59 Å². The van der Waals surface area contributed by atoms with Crippen molar-refractivity contribution >= 4 is 17.2 Å². The van der Waals surface area contributed by atoms with Crippen LogP contribution in [0.1, 0.15) is 21.8 Å². The Balaban J connectivity index is 1.59. The Bertz CT molecular complexity index is 1180. The van der Waals surface area contributed by atoms with Gasteiger partial charge >= 0.3 is 0 Å². The number of anilines is 1. The summed E-state index contributed by atoms with van der Waals surface area (Å²) in [5.74, 6) is 0.660. The minimum absolute atomic E-state index is 0.270. The summed E-state index contributed by atoms with van der Waals surface area (Å²) in [5.41, 5.74) is 1.46. The predicted octanol–water partition coefficient (Wildman–Crippen LogP) is 2.06. The Hall–Kier alpha value is -3.88. The van der Waals surface area contributed by atoms with Gasteiger partial charge in [-0.05, 0) is 23.7 Å². The zero-order valence-electron chi connectivity index (χ0n) is 15.0. The highest BCUT2D eigenvalue weighted by atomic mass is 16.5. The van der Waals surface area contributed by atoms with E-state index in [-0.39, 0.29) is 22.7 Å². The summed E-state index contributed by atoms with van der Waals surface area (Å²) in [4.78, 5) is 29.4. The highest BCUT2D eigenvalue weighted by molar-refractivity contribution is 6.08. The quantitative estimate of drug-likeness (QED) is 0.530. The number of carbonyl (C=O) groups excluding carboxylic acids is 1. The van der Waals surface area contributed by atoms with Crippen LogP contribution in [0.5, 0.6) is 5.88 Å². The molecule has 0 aliphatic heterocycles. The molecule has 1 amide bonds. The number of rotatable bonds is 6. The van der Waals surface area contributed by atoms with Crippen molar-refractivity contribution in [2.24, 2.45) is 0 Å². The Kier molecular flexibility index (Phi) is 4.63. The average Bonchev–Trinajstić information content (AvgIpc) is 3.34. The normalized spacial score (nSPS) is 10.9. The molecular weight excluding hydrogens is 362 g/mol. The Labute approximate surface area is 158 Å². The summed E-state index contributed by atoms with van der Waals surface area (Å²) in [6, 6.07) is 12.2. The number of H-pyrrole nitrogens is 1. The lowest BCUT2D eigenvalue weighted by molar-refractivity contribution is 0.102. The van der Waals surface area contributed by atoms with Gasteiger partial charge in [0.1, 0.15) is 11.3 Å². The molecule has 9 heteroatoms. The van der Waals surface area contributed by atoms with Crippen molar-refractivity contribution in [3.63, 3.8) is 0 Å². The first-order valence-corrected chi connectivity index (χ1v) is 8.60. The number of aryl methyl sites for hydroxylation is 2. The van der Waals surface area contributed by atoms with Gasteiger partial charge in [-0.3, -0.25) is 14.7 Å². The van der Waals surface area contributed by atoms with E-state index in [0.717, 1.165) is 0 Å². The number of para-hydroxylation sites is 1. The number of hydrogen-bond donors (Lipinski definition) is 2. The van der Waals surface area contributed by atoms with Crippen molar-refractivity contribution in [2.45, 2.75) is 12.8 Å². The number of fused-ring (bicyclic) bond motifs is 1. The maximum Gasteiger partial charge on any atom is 0.272 e. The lowest BCUT2D eigenvalue weighted by atomic mass is 10.2. The predicted molar refractivity (Wildman–Crippen MR) is 101 cm³/mol. The zero-order valence-corrected chi connectivity index (χ0v) is 15.0. The van der Waals surface area contributed by atoms with Gasteiger partial charge in [-0.15, -0.1) is 0 Å². The second-order valence-electron chi connectivity index (χ2n) is 6.09. The highest BCUT2D eigenvalue weighted by Crippen LogP contribution is 2.14. The molecule has 4 rings (SSSR count). The third-order valence-electron chi connectivity index (χ3n) is 4.20. The third-order valence-corrected chi connectivity index (χ3v) is 4.20. The second kappa shape index (κ2) is 7.39. The van der Waals surface area contributed by atoms with E-state index >= 15 is 0 Å². The fourth-order valence-electron chi connectivity index (χ4n) is 2.80. The smallest absolute Gasteiger partial charge is 0.272 e. The fourth-order valence-corrected chi connectivity index (χ4v) is 2.80.